The second kappa shape index (κ2) is 8.86. The molecule has 9 heteroatoms. The Labute approximate surface area is 176 Å². The Morgan fingerprint density at radius 1 is 0.968 bits per heavy atom. The number of carbonyl (C=O) groups excluding carboxylic acids is 2. The van der Waals surface area contributed by atoms with Crippen molar-refractivity contribution in [1.29, 1.82) is 0 Å². The third kappa shape index (κ3) is 5.19. The number of methoxy groups -OCH3 is 1. The van der Waals surface area contributed by atoms with Crippen molar-refractivity contribution < 1.29 is 27.5 Å². The van der Waals surface area contributed by atoms with Crippen LogP contribution in [-0.4, -0.2) is 23.9 Å². The fourth-order valence-electron chi connectivity index (χ4n) is 2.85. The maximum absolute atomic E-state index is 13.2. The topological polar surface area (TPSA) is 80.3 Å². The number of alkyl halides is 3. The Balaban J connectivity index is 1.82. The van der Waals surface area contributed by atoms with Crippen molar-refractivity contribution in [3.63, 3.8) is 0 Å². The third-order valence-corrected chi connectivity index (χ3v) is 4.43. The molecule has 0 radical (unpaired) electrons. The van der Waals surface area contributed by atoms with Crippen molar-refractivity contribution in [3.8, 4) is 5.75 Å². The normalized spacial score (nSPS) is 11.0. The smallest absolute Gasteiger partial charge is 0.419 e. The van der Waals surface area contributed by atoms with Crippen LogP contribution in [0.15, 0.2) is 60.9 Å². The monoisotopic (exact) mass is 429 g/mol. The lowest BCUT2D eigenvalue weighted by Crippen LogP contribution is -2.17. The number of nitrogens with zero attached hydrogens (tertiary/aromatic N) is 1. The highest BCUT2D eigenvalue weighted by Crippen LogP contribution is 2.36. The number of nitrogens with one attached hydrogen (secondary N) is 2. The SMILES string of the molecule is COc1ccc(C(=O)Nc2ccc(C)c(C(=O)Nc3cccnc3)c2)cc1C(F)(F)F. The molecule has 0 unspecified atom stereocenters. The Morgan fingerprint density at radius 3 is 2.35 bits per heavy atom. The number of rotatable bonds is 5. The molecule has 2 N–H and O–H groups in total. The number of ether oxygens (including phenoxy) is 1. The van der Waals surface area contributed by atoms with Gasteiger partial charge in [-0.25, -0.2) is 0 Å². The molecule has 2 amide bonds. The molecule has 1 aromatic heterocycles. The van der Waals surface area contributed by atoms with Crippen LogP contribution in [0.5, 0.6) is 5.75 Å². The van der Waals surface area contributed by atoms with E-state index in [-0.39, 0.29) is 17.0 Å². The number of halogens is 3. The van der Waals surface area contributed by atoms with Crippen molar-refractivity contribution in [2.45, 2.75) is 13.1 Å². The minimum atomic E-state index is -4.68. The highest BCUT2D eigenvalue weighted by molar-refractivity contribution is 6.08. The molecule has 3 aromatic rings. The number of hydrogen-bond donors (Lipinski definition) is 2. The van der Waals surface area contributed by atoms with Crippen LogP contribution in [0.4, 0.5) is 24.5 Å². The van der Waals surface area contributed by atoms with Crippen LogP contribution in [0.25, 0.3) is 0 Å². The van der Waals surface area contributed by atoms with E-state index in [1.165, 1.54) is 18.3 Å². The molecule has 0 saturated heterocycles. The Morgan fingerprint density at radius 2 is 1.71 bits per heavy atom. The molecule has 0 bridgehead atoms. The van der Waals surface area contributed by atoms with Crippen molar-refractivity contribution in [2.24, 2.45) is 0 Å². The van der Waals surface area contributed by atoms with Crippen LogP contribution in [0.2, 0.25) is 0 Å². The molecule has 6 nitrogen and oxygen atoms in total. The van der Waals surface area contributed by atoms with Gasteiger partial charge in [-0.1, -0.05) is 6.07 Å². The van der Waals surface area contributed by atoms with Gasteiger partial charge in [0.2, 0.25) is 0 Å². The summed E-state index contributed by atoms with van der Waals surface area (Å²) in [5.41, 5.74) is 0.462. The molecule has 2 aromatic carbocycles. The zero-order valence-corrected chi connectivity index (χ0v) is 16.6. The van der Waals surface area contributed by atoms with Crippen molar-refractivity contribution in [2.75, 3.05) is 17.7 Å². The number of pyridine rings is 1. The van der Waals surface area contributed by atoms with Gasteiger partial charge in [0.1, 0.15) is 5.75 Å². The second-order valence-electron chi connectivity index (χ2n) is 6.59. The highest BCUT2D eigenvalue weighted by Gasteiger charge is 2.35. The van der Waals surface area contributed by atoms with E-state index in [0.29, 0.717) is 16.8 Å². The molecule has 0 saturated carbocycles. The summed E-state index contributed by atoms with van der Waals surface area (Å²) < 4.78 is 44.4. The molecular weight excluding hydrogens is 411 g/mol. The lowest BCUT2D eigenvalue weighted by atomic mass is 10.1. The molecule has 1 heterocycles. The summed E-state index contributed by atoms with van der Waals surface area (Å²) in [5.74, 6) is -1.55. The van der Waals surface area contributed by atoms with Gasteiger partial charge < -0.3 is 15.4 Å². The third-order valence-electron chi connectivity index (χ3n) is 4.43. The fourth-order valence-corrected chi connectivity index (χ4v) is 2.85. The van der Waals surface area contributed by atoms with Crippen LogP contribution in [0.1, 0.15) is 31.8 Å². The molecule has 0 atom stereocenters. The minimum absolute atomic E-state index is 0.199. The van der Waals surface area contributed by atoms with E-state index >= 15 is 0 Å². The zero-order chi connectivity index (χ0) is 22.6. The van der Waals surface area contributed by atoms with Gasteiger partial charge in [-0.3, -0.25) is 14.6 Å². The van der Waals surface area contributed by atoms with E-state index < -0.39 is 23.6 Å². The summed E-state index contributed by atoms with van der Waals surface area (Å²) in [6, 6.07) is 11.0. The van der Waals surface area contributed by atoms with Crippen LogP contribution < -0.4 is 15.4 Å². The number of amides is 2. The average Bonchev–Trinajstić information content (AvgIpc) is 2.74. The number of anilines is 2. The van der Waals surface area contributed by atoms with E-state index in [0.717, 1.165) is 19.2 Å². The second-order valence-corrected chi connectivity index (χ2v) is 6.59. The van der Waals surface area contributed by atoms with Crippen LogP contribution in [0.3, 0.4) is 0 Å². The first-order chi connectivity index (χ1) is 14.7. The first-order valence-corrected chi connectivity index (χ1v) is 9.07. The summed E-state index contributed by atoms with van der Waals surface area (Å²) in [6.45, 7) is 1.73. The predicted octanol–water partition coefficient (Wildman–Crippen LogP) is 4.92. The Bertz CT molecular complexity index is 1120. The van der Waals surface area contributed by atoms with Crippen molar-refractivity contribution in [1.82, 2.24) is 4.98 Å². The maximum atomic E-state index is 13.2. The molecule has 0 spiro atoms. The summed E-state index contributed by atoms with van der Waals surface area (Å²) in [5, 5.41) is 5.22. The molecule has 0 aliphatic heterocycles. The summed E-state index contributed by atoms with van der Waals surface area (Å²) in [6.07, 6.45) is -1.62. The predicted molar refractivity (Wildman–Crippen MR) is 109 cm³/mol. The lowest BCUT2D eigenvalue weighted by molar-refractivity contribution is -0.138. The van der Waals surface area contributed by atoms with Crippen LogP contribution >= 0.6 is 0 Å². The summed E-state index contributed by atoms with van der Waals surface area (Å²) >= 11 is 0. The molecule has 0 aliphatic rings. The fraction of sp³-hybridized carbons (Fsp3) is 0.136. The maximum Gasteiger partial charge on any atom is 0.419 e. The van der Waals surface area contributed by atoms with E-state index in [2.05, 4.69) is 15.6 Å². The van der Waals surface area contributed by atoms with Crippen LogP contribution in [0, 0.1) is 6.92 Å². The van der Waals surface area contributed by atoms with E-state index in [9.17, 15) is 22.8 Å². The first-order valence-electron chi connectivity index (χ1n) is 9.07. The standard InChI is InChI=1S/C22H18F3N3O3/c1-13-5-7-15(11-17(13)21(30)28-16-4-3-9-26-12-16)27-20(29)14-6-8-19(31-2)18(10-14)22(23,24)25/h3-12H,1-2H3,(H,27,29)(H,28,30). The number of aromatic nitrogens is 1. The molecule has 31 heavy (non-hydrogen) atoms. The van der Waals surface area contributed by atoms with Crippen molar-refractivity contribution in [3.05, 3.63) is 83.2 Å². The van der Waals surface area contributed by atoms with E-state index in [1.807, 2.05) is 0 Å². The molecule has 0 fully saturated rings. The van der Waals surface area contributed by atoms with Gasteiger partial charge in [0.15, 0.2) is 0 Å². The number of benzene rings is 2. The quantitative estimate of drug-likeness (QED) is 0.603. The summed E-state index contributed by atoms with van der Waals surface area (Å²) in [4.78, 5) is 29.0. The van der Waals surface area contributed by atoms with Crippen LogP contribution in [-0.2, 0) is 6.18 Å². The van der Waals surface area contributed by atoms with E-state index in [1.54, 1.807) is 37.4 Å². The largest absolute Gasteiger partial charge is 0.496 e. The number of aryl methyl sites for hydroxylation is 1. The zero-order valence-electron chi connectivity index (χ0n) is 16.6. The molecule has 160 valence electrons. The van der Waals surface area contributed by atoms with Gasteiger partial charge in [0.25, 0.3) is 11.8 Å². The highest BCUT2D eigenvalue weighted by atomic mass is 19.4. The number of hydrogen-bond acceptors (Lipinski definition) is 4. The average molecular weight is 429 g/mol. The van der Waals surface area contributed by atoms with Gasteiger partial charge in [-0.2, -0.15) is 13.2 Å². The molecule has 3 rings (SSSR count). The van der Waals surface area contributed by atoms with Gasteiger partial charge in [0.05, 0.1) is 24.6 Å². The first kappa shape index (κ1) is 21.8. The van der Waals surface area contributed by atoms with Gasteiger partial charge in [-0.15, -0.1) is 0 Å². The molecular formula is C22H18F3N3O3. The van der Waals surface area contributed by atoms with Gasteiger partial charge in [0, 0.05) is 23.0 Å². The van der Waals surface area contributed by atoms with Gasteiger partial charge in [-0.05, 0) is 55.0 Å². The van der Waals surface area contributed by atoms with Crippen molar-refractivity contribution >= 4 is 23.2 Å². The lowest BCUT2D eigenvalue weighted by Gasteiger charge is -2.14. The summed E-state index contributed by atoms with van der Waals surface area (Å²) in [7, 11) is 1.12. The number of carbonyl (C=O) groups is 2. The Kier molecular flexibility index (Phi) is 6.24. The Hall–Kier alpha value is -3.88. The minimum Gasteiger partial charge on any atom is -0.496 e. The van der Waals surface area contributed by atoms with E-state index in [4.69, 9.17) is 4.74 Å². The molecule has 0 aliphatic carbocycles. The van der Waals surface area contributed by atoms with Gasteiger partial charge >= 0.3 is 6.18 Å².